The van der Waals surface area contributed by atoms with E-state index in [0.717, 1.165) is 19.0 Å². The summed E-state index contributed by atoms with van der Waals surface area (Å²) >= 11 is 1.76. The molecule has 0 bridgehead atoms. The second kappa shape index (κ2) is 4.82. The number of nitrogens with one attached hydrogen (secondary N) is 2. The van der Waals surface area contributed by atoms with E-state index in [4.69, 9.17) is 0 Å². The van der Waals surface area contributed by atoms with Crippen LogP contribution in [0, 0.1) is 6.92 Å². The number of aryl methyl sites for hydroxylation is 1. The lowest BCUT2D eigenvalue weighted by molar-refractivity contribution is 0.959. The number of thiophene rings is 1. The zero-order chi connectivity index (χ0) is 12.4. The first kappa shape index (κ1) is 11.3. The van der Waals surface area contributed by atoms with E-state index in [2.05, 4.69) is 52.2 Å². The van der Waals surface area contributed by atoms with Crippen LogP contribution in [0.2, 0.25) is 0 Å². The minimum absolute atomic E-state index is 0.853. The molecule has 1 aliphatic rings. The van der Waals surface area contributed by atoms with Gasteiger partial charge in [0.1, 0.15) is 0 Å². The van der Waals surface area contributed by atoms with Crippen LogP contribution in [-0.2, 0) is 0 Å². The Morgan fingerprint density at radius 1 is 1.28 bits per heavy atom. The Labute approximate surface area is 111 Å². The van der Waals surface area contributed by atoms with Gasteiger partial charge in [0, 0.05) is 22.4 Å². The lowest BCUT2D eigenvalue weighted by Gasteiger charge is -2.09. The number of hydrogen-bond donors (Lipinski definition) is 2. The van der Waals surface area contributed by atoms with Crippen molar-refractivity contribution >= 4 is 23.0 Å². The molecule has 1 aromatic carbocycles. The molecule has 0 atom stereocenters. The van der Waals surface area contributed by atoms with E-state index < -0.39 is 0 Å². The summed E-state index contributed by atoms with van der Waals surface area (Å²) < 4.78 is 0. The zero-order valence-electron chi connectivity index (χ0n) is 10.2. The molecule has 0 spiro atoms. The van der Waals surface area contributed by atoms with Crippen molar-refractivity contribution in [2.24, 2.45) is 4.99 Å². The number of hydrogen-bond acceptors (Lipinski definition) is 4. The standard InChI is InChI=1S/C14H15N3S/c1-10-13(17-14-15-7-8-16-14)12(9-18-10)11-5-3-2-4-6-11/h2-6,9H,7-8H2,1H3,(H2,15,16,17). The fraction of sp³-hybridized carbons (Fsp3) is 0.214. The van der Waals surface area contributed by atoms with Crippen molar-refractivity contribution in [2.75, 3.05) is 18.4 Å². The Morgan fingerprint density at radius 2 is 2.11 bits per heavy atom. The zero-order valence-corrected chi connectivity index (χ0v) is 11.1. The summed E-state index contributed by atoms with van der Waals surface area (Å²) in [5.41, 5.74) is 3.65. The molecule has 4 heteroatoms. The molecule has 0 fully saturated rings. The molecule has 0 saturated carbocycles. The van der Waals surface area contributed by atoms with Gasteiger partial charge in [-0.1, -0.05) is 30.3 Å². The van der Waals surface area contributed by atoms with Gasteiger partial charge in [0.15, 0.2) is 5.96 Å². The summed E-state index contributed by atoms with van der Waals surface area (Å²) in [6.45, 7) is 3.91. The monoisotopic (exact) mass is 257 g/mol. The lowest BCUT2D eigenvalue weighted by Crippen LogP contribution is -2.26. The van der Waals surface area contributed by atoms with Crippen LogP contribution in [0.3, 0.4) is 0 Å². The summed E-state index contributed by atoms with van der Waals surface area (Å²) in [6, 6.07) is 10.4. The summed E-state index contributed by atoms with van der Waals surface area (Å²) in [5, 5.41) is 8.85. The first-order chi connectivity index (χ1) is 8.84. The molecule has 0 unspecified atom stereocenters. The molecule has 2 heterocycles. The van der Waals surface area contributed by atoms with Gasteiger partial charge in [0.05, 0.1) is 12.2 Å². The highest BCUT2D eigenvalue weighted by atomic mass is 32.1. The van der Waals surface area contributed by atoms with Gasteiger partial charge < -0.3 is 10.6 Å². The quantitative estimate of drug-likeness (QED) is 0.867. The normalized spacial score (nSPS) is 14.2. The highest BCUT2D eigenvalue weighted by Crippen LogP contribution is 2.35. The number of rotatable bonds is 2. The Bertz CT molecular complexity index is 572. The van der Waals surface area contributed by atoms with Crippen LogP contribution in [0.5, 0.6) is 0 Å². The van der Waals surface area contributed by atoms with E-state index >= 15 is 0 Å². The molecular formula is C14H15N3S. The third-order valence-corrected chi connectivity index (χ3v) is 3.89. The Hall–Kier alpha value is -1.81. The molecule has 1 aromatic heterocycles. The molecule has 18 heavy (non-hydrogen) atoms. The summed E-state index contributed by atoms with van der Waals surface area (Å²) in [5.74, 6) is 0.883. The molecule has 0 radical (unpaired) electrons. The molecule has 0 saturated heterocycles. The van der Waals surface area contributed by atoms with Crippen LogP contribution in [0.1, 0.15) is 4.88 Å². The lowest BCUT2D eigenvalue weighted by atomic mass is 10.1. The smallest absolute Gasteiger partial charge is 0.195 e. The van der Waals surface area contributed by atoms with Crippen molar-refractivity contribution in [3.05, 3.63) is 40.6 Å². The number of aliphatic imine (C=N–C) groups is 1. The van der Waals surface area contributed by atoms with E-state index in [1.807, 2.05) is 6.07 Å². The van der Waals surface area contributed by atoms with Crippen molar-refractivity contribution in [1.82, 2.24) is 5.32 Å². The van der Waals surface area contributed by atoms with E-state index in [-0.39, 0.29) is 0 Å². The fourth-order valence-electron chi connectivity index (χ4n) is 2.04. The average Bonchev–Trinajstić information content (AvgIpc) is 3.03. The predicted octanol–water partition coefficient (Wildman–Crippen LogP) is 3.09. The Morgan fingerprint density at radius 3 is 2.83 bits per heavy atom. The van der Waals surface area contributed by atoms with Crippen LogP contribution < -0.4 is 10.6 Å². The maximum Gasteiger partial charge on any atom is 0.195 e. The van der Waals surface area contributed by atoms with Gasteiger partial charge in [-0.25, -0.2) is 0 Å². The highest BCUT2D eigenvalue weighted by molar-refractivity contribution is 7.11. The first-order valence-corrected chi connectivity index (χ1v) is 6.91. The average molecular weight is 257 g/mol. The Kier molecular flexibility index (Phi) is 3.02. The molecule has 3 nitrogen and oxygen atoms in total. The summed E-state index contributed by atoms with van der Waals surface area (Å²) in [7, 11) is 0. The molecule has 0 amide bonds. The molecular weight excluding hydrogens is 242 g/mol. The van der Waals surface area contributed by atoms with E-state index in [0.29, 0.717) is 0 Å². The van der Waals surface area contributed by atoms with E-state index in [1.165, 1.54) is 21.7 Å². The van der Waals surface area contributed by atoms with Gasteiger partial charge in [-0.15, -0.1) is 11.3 Å². The summed E-state index contributed by atoms with van der Waals surface area (Å²) in [4.78, 5) is 5.67. The van der Waals surface area contributed by atoms with Gasteiger partial charge in [-0.05, 0) is 12.5 Å². The van der Waals surface area contributed by atoms with Crippen LogP contribution >= 0.6 is 11.3 Å². The third-order valence-electron chi connectivity index (χ3n) is 2.98. The van der Waals surface area contributed by atoms with Gasteiger partial charge >= 0.3 is 0 Å². The topological polar surface area (TPSA) is 36.4 Å². The second-order valence-electron chi connectivity index (χ2n) is 4.23. The SMILES string of the molecule is Cc1scc(-c2ccccc2)c1NC1=NCCN1. The Balaban J connectivity index is 1.96. The largest absolute Gasteiger partial charge is 0.354 e. The van der Waals surface area contributed by atoms with Gasteiger partial charge in [0.2, 0.25) is 0 Å². The first-order valence-electron chi connectivity index (χ1n) is 6.03. The number of guanidine groups is 1. The van der Waals surface area contributed by atoms with Crippen molar-refractivity contribution in [3.8, 4) is 11.1 Å². The number of anilines is 1. The van der Waals surface area contributed by atoms with Gasteiger partial charge in [0.25, 0.3) is 0 Å². The highest BCUT2D eigenvalue weighted by Gasteiger charge is 2.13. The molecule has 0 aliphatic carbocycles. The minimum Gasteiger partial charge on any atom is -0.354 e. The van der Waals surface area contributed by atoms with Crippen molar-refractivity contribution in [2.45, 2.75) is 6.92 Å². The van der Waals surface area contributed by atoms with Crippen LogP contribution in [0.25, 0.3) is 11.1 Å². The molecule has 1 aliphatic heterocycles. The van der Waals surface area contributed by atoms with E-state index in [9.17, 15) is 0 Å². The molecule has 3 rings (SSSR count). The van der Waals surface area contributed by atoms with Gasteiger partial charge in [-0.3, -0.25) is 4.99 Å². The van der Waals surface area contributed by atoms with Crippen molar-refractivity contribution in [3.63, 3.8) is 0 Å². The van der Waals surface area contributed by atoms with Crippen LogP contribution in [-0.4, -0.2) is 19.0 Å². The van der Waals surface area contributed by atoms with Gasteiger partial charge in [-0.2, -0.15) is 0 Å². The van der Waals surface area contributed by atoms with E-state index in [1.54, 1.807) is 11.3 Å². The van der Waals surface area contributed by atoms with Crippen LogP contribution in [0.15, 0.2) is 40.7 Å². The second-order valence-corrected chi connectivity index (χ2v) is 5.31. The molecule has 2 N–H and O–H groups in total. The maximum absolute atomic E-state index is 4.39. The predicted molar refractivity (Wildman–Crippen MR) is 78.4 cm³/mol. The number of nitrogens with zero attached hydrogens (tertiary/aromatic N) is 1. The molecule has 2 aromatic rings. The van der Waals surface area contributed by atoms with Crippen molar-refractivity contribution < 1.29 is 0 Å². The minimum atomic E-state index is 0.853. The summed E-state index contributed by atoms with van der Waals surface area (Å²) in [6.07, 6.45) is 0. The van der Waals surface area contributed by atoms with Crippen LogP contribution in [0.4, 0.5) is 5.69 Å². The third kappa shape index (κ3) is 2.11. The maximum atomic E-state index is 4.39. The molecule has 92 valence electrons. The van der Waals surface area contributed by atoms with Crippen molar-refractivity contribution in [1.29, 1.82) is 0 Å². The fourth-order valence-corrected chi connectivity index (χ4v) is 2.87. The number of benzene rings is 1.